The van der Waals surface area contributed by atoms with E-state index in [4.69, 9.17) is 5.73 Å². The van der Waals surface area contributed by atoms with E-state index in [0.29, 0.717) is 30.5 Å². The van der Waals surface area contributed by atoms with Crippen LogP contribution in [0.2, 0.25) is 0 Å². The molecule has 1 amide bonds. The third-order valence-electron chi connectivity index (χ3n) is 3.63. The molecular weight excluding hydrogens is 250 g/mol. The van der Waals surface area contributed by atoms with Gasteiger partial charge in [-0.2, -0.15) is 0 Å². The topological polar surface area (TPSA) is 67.2 Å². The van der Waals surface area contributed by atoms with E-state index in [9.17, 15) is 4.79 Å². The number of carbonyl (C=O) groups is 1. The van der Waals surface area contributed by atoms with Crippen LogP contribution >= 0.6 is 0 Å². The molecule has 0 radical (unpaired) electrons. The van der Waals surface area contributed by atoms with Crippen molar-refractivity contribution in [3.63, 3.8) is 0 Å². The van der Waals surface area contributed by atoms with Crippen molar-refractivity contribution in [1.82, 2.24) is 5.32 Å². The molecule has 1 unspecified atom stereocenters. The Labute approximate surface area is 122 Å². The first-order chi connectivity index (χ1) is 9.49. The molecule has 0 aliphatic carbocycles. The highest BCUT2D eigenvalue weighted by Gasteiger charge is 2.12. The van der Waals surface area contributed by atoms with Gasteiger partial charge in [-0.05, 0) is 56.0 Å². The van der Waals surface area contributed by atoms with E-state index < -0.39 is 0 Å². The number of nitrogens with one attached hydrogen (secondary N) is 2. The third-order valence-corrected chi connectivity index (χ3v) is 3.63. The smallest absolute Gasteiger partial charge is 0.251 e. The molecule has 0 bridgehead atoms. The summed E-state index contributed by atoms with van der Waals surface area (Å²) >= 11 is 0. The average Bonchev–Trinajstić information content (AvgIpc) is 2.40. The fraction of sp³-hybridized carbons (Fsp3) is 0.562. The standard InChI is InChI=1S/C16H27N3O/c1-5-18-16(20)13-6-7-15(12(4)8-13)19-10-14(9-17)11(2)3/h6-8,11,14,19H,5,9-10,17H2,1-4H3,(H,18,20). The highest BCUT2D eigenvalue weighted by molar-refractivity contribution is 5.94. The molecule has 1 aromatic carbocycles. The van der Waals surface area contributed by atoms with Crippen LogP contribution < -0.4 is 16.4 Å². The predicted molar refractivity (Wildman–Crippen MR) is 85.1 cm³/mol. The lowest BCUT2D eigenvalue weighted by Gasteiger charge is -2.21. The molecule has 0 fully saturated rings. The monoisotopic (exact) mass is 277 g/mol. The van der Waals surface area contributed by atoms with Crippen LogP contribution in [-0.4, -0.2) is 25.5 Å². The molecule has 1 aromatic rings. The number of amides is 1. The quantitative estimate of drug-likeness (QED) is 0.717. The molecule has 0 aliphatic rings. The van der Waals surface area contributed by atoms with E-state index in [1.807, 2.05) is 32.0 Å². The molecule has 112 valence electrons. The van der Waals surface area contributed by atoms with Crippen molar-refractivity contribution in [3.05, 3.63) is 29.3 Å². The Bertz CT molecular complexity index is 443. The van der Waals surface area contributed by atoms with E-state index in [0.717, 1.165) is 17.8 Å². The summed E-state index contributed by atoms with van der Waals surface area (Å²) in [6, 6.07) is 5.74. The molecule has 1 atom stereocenters. The number of carbonyl (C=O) groups excluding carboxylic acids is 1. The summed E-state index contributed by atoms with van der Waals surface area (Å²) in [7, 11) is 0. The largest absolute Gasteiger partial charge is 0.384 e. The second-order valence-corrected chi connectivity index (χ2v) is 5.51. The molecule has 0 aromatic heterocycles. The number of benzene rings is 1. The van der Waals surface area contributed by atoms with Crippen LogP contribution in [0.3, 0.4) is 0 Å². The van der Waals surface area contributed by atoms with Crippen molar-refractivity contribution < 1.29 is 4.79 Å². The van der Waals surface area contributed by atoms with Crippen LogP contribution in [0.25, 0.3) is 0 Å². The van der Waals surface area contributed by atoms with Gasteiger partial charge in [0.25, 0.3) is 5.91 Å². The number of aryl methyl sites for hydroxylation is 1. The van der Waals surface area contributed by atoms with Crippen molar-refractivity contribution in [1.29, 1.82) is 0 Å². The van der Waals surface area contributed by atoms with Gasteiger partial charge in [0.05, 0.1) is 0 Å². The van der Waals surface area contributed by atoms with E-state index in [2.05, 4.69) is 24.5 Å². The Kier molecular flexibility index (Phi) is 6.52. The Balaban J connectivity index is 2.71. The second kappa shape index (κ2) is 7.90. The van der Waals surface area contributed by atoms with Crippen LogP contribution in [0, 0.1) is 18.8 Å². The van der Waals surface area contributed by atoms with Crippen LogP contribution in [0.4, 0.5) is 5.69 Å². The molecule has 0 aliphatic heterocycles. The summed E-state index contributed by atoms with van der Waals surface area (Å²) in [5.41, 5.74) is 8.63. The summed E-state index contributed by atoms with van der Waals surface area (Å²) in [6.07, 6.45) is 0. The van der Waals surface area contributed by atoms with Gasteiger partial charge >= 0.3 is 0 Å². The number of anilines is 1. The SMILES string of the molecule is CCNC(=O)c1ccc(NCC(CN)C(C)C)c(C)c1. The molecule has 0 heterocycles. The van der Waals surface area contributed by atoms with Gasteiger partial charge in [-0.15, -0.1) is 0 Å². The average molecular weight is 277 g/mol. The van der Waals surface area contributed by atoms with E-state index >= 15 is 0 Å². The Hall–Kier alpha value is -1.55. The molecule has 0 spiro atoms. The summed E-state index contributed by atoms with van der Waals surface area (Å²) in [5.74, 6) is 0.990. The maximum Gasteiger partial charge on any atom is 0.251 e. The zero-order chi connectivity index (χ0) is 15.1. The van der Waals surface area contributed by atoms with Crippen molar-refractivity contribution >= 4 is 11.6 Å². The minimum Gasteiger partial charge on any atom is -0.384 e. The first-order valence-corrected chi connectivity index (χ1v) is 7.32. The van der Waals surface area contributed by atoms with E-state index in [1.54, 1.807) is 0 Å². The van der Waals surface area contributed by atoms with Gasteiger partial charge in [-0.25, -0.2) is 0 Å². The minimum atomic E-state index is -0.0239. The van der Waals surface area contributed by atoms with Crippen LogP contribution in [0.15, 0.2) is 18.2 Å². The van der Waals surface area contributed by atoms with Crippen molar-refractivity contribution in [2.75, 3.05) is 25.0 Å². The zero-order valence-corrected chi connectivity index (χ0v) is 13.0. The molecule has 4 N–H and O–H groups in total. The first-order valence-electron chi connectivity index (χ1n) is 7.32. The van der Waals surface area contributed by atoms with Crippen LogP contribution in [0.1, 0.15) is 36.7 Å². The van der Waals surface area contributed by atoms with E-state index in [-0.39, 0.29) is 5.91 Å². The molecule has 0 saturated heterocycles. The Morgan fingerprint density at radius 2 is 2.05 bits per heavy atom. The first kappa shape index (κ1) is 16.5. The number of rotatable bonds is 7. The normalized spacial score (nSPS) is 12.3. The zero-order valence-electron chi connectivity index (χ0n) is 13.0. The second-order valence-electron chi connectivity index (χ2n) is 5.51. The summed E-state index contributed by atoms with van der Waals surface area (Å²) < 4.78 is 0. The lowest BCUT2D eigenvalue weighted by Crippen LogP contribution is -2.27. The lowest BCUT2D eigenvalue weighted by molar-refractivity contribution is 0.0956. The van der Waals surface area contributed by atoms with Crippen LogP contribution in [0.5, 0.6) is 0 Å². The van der Waals surface area contributed by atoms with E-state index in [1.165, 1.54) is 0 Å². The van der Waals surface area contributed by atoms with Crippen LogP contribution in [-0.2, 0) is 0 Å². The van der Waals surface area contributed by atoms with Crippen molar-refractivity contribution in [2.24, 2.45) is 17.6 Å². The fourth-order valence-corrected chi connectivity index (χ4v) is 2.10. The molecule has 20 heavy (non-hydrogen) atoms. The van der Waals surface area contributed by atoms with Gasteiger partial charge in [-0.1, -0.05) is 13.8 Å². The van der Waals surface area contributed by atoms with Gasteiger partial charge in [-0.3, -0.25) is 4.79 Å². The summed E-state index contributed by atoms with van der Waals surface area (Å²) in [6.45, 7) is 10.5. The van der Waals surface area contributed by atoms with Gasteiger partial charge in [0.2, 0.25) is 0 Å². The van der Waals surface area contributed by atoms with Gasteiger partial charge < -0.3 is 16.4 Å². The van der Waals surface area contributed by atoms with Crippen molar-refractivity contribution in [3.8, 4) is 0 Å². The molecule has 0 saturated carbocycles. The summed E-state index contributed by atoms with van der Waals surface area (Å²) in [4.78, 5) is 11.8. The van der Waals surface area contributed by atoms with Gasteiger partial charge in [0.1, 0.15) is 0 Å². The number of hydrogen-bond donors (Lipinski definition) is 3. The van der Waals surface area contributed by atoms with Gasteiger partial charge in [0.15, 0.2) is 0 Å². The lowest BCUT2D eigenvalue weighted by atomic mass is 9.96. The fourth-order valence-electron chi connectivity index (χ4n) is 2.10. The maximum absolute atomic E-state index is 11.8. The number of hydrogen-bond acceptors (Lipinski definition) is 3. The molecule has 4 nitrogen and oxygen atoms in total. The Morgan fingerprint density at radius 3 is 2.55 bits per heavy atom. The number of nitrogens with two attached hydrogens (primary N) is 1. The molecular formula is C16H27N3O. The third kappa shape index (κ3) is 4.53. The van der Waals surface area contributed by atoms with Crippen molar-refractivity contribution in [2.45, 2.75) is 27.7 Å². The maximum atomic E-state index is 11.8. The highest BCUT2D eigenvalue weighted by Crippen LogP contribution is 2.18. The molecule has 4 heteroatoms. The summed E-state index contributed by atoms with van der Waals surface area (Å²) in [5, 5.41) is 6.24. The highest BCUT2D eigenvalue weighted by atomic mass is 16.1. The molecule has 1 rings (SSSR count). The van der Waals surface area contributed by atoms with Gasteiger partial charge in [0, 0.05) is 24.3 Å². The predicted octanol–water partition coefficient (Wildman–Crippen LogP) is 2.39. The minimum absolute atomic E-state index is 0.0239. The Morgan fingerprint density at radius 1 is 1.35 bits per heavy atom.